The van der Waals surface area contributed by atoms with Crippen molar-refractivity contribution < 1.29 is 9.18 Å². The van der Waals surface area contributed by atoms with Crippen LogP contribution >= 0.6 is 0 Å². The Morgan fingerprint density at radius 3 is 2.45 bits per heavy atom. The van der Waals surface area contributed by atoms with E-state index in [0.717, 1.165) is 16.7 Å². The van der Waals surface area contributed by atoms with Gasteiger partial charge < -0.3 is 5.32 Å². The maximum Gasteiger partial charge on any atom is 0.248 e. The number of para-hydroxylation sites is 1. The van der Waals surface area contributed by atoms with Gasteiger partial charge in [0, 0.05) is 17.2 Å². The van der Waals surface area contributed by atoms with Crippen LogP contribution in [-0.2, 0) is 4.79 Å². The molecule has 0 radical (unpaired) electrons. The Balaban J connectivity index is 1.53. The normalized spacial score (nSPS) is 10.9. The Hall–Kier alpha value is -4.06. The number of halogens is 1. The number of hydrogen-bond acceptors (Lipinski definition) is 3. The summed E-state index contributed by atoms with van der Waals surface area (Å²) in [4.78, 5) is 16.9. The summed E-state index contributed by atoms with van der Waals surface area (Å²) in [5, 5.41) is 10.1. The minimum atomic E-state index is -0.317. The predicted octanol–water partition coefficient (Wildman–Crippen LogP) is 4.93. The molecule has 1 aromatic heterocycles. The quantitative estimate of drug-likeness (QED) is 0.479. The third kappa shape index (κ3) is 4.44. The fraction of sp³-hybridized carbons (Fsp3) is 0. The van der Waals surface area contributed by atoms with E-state index in [1.165, 1.54) is 18.2 Å². The predicted molar refractivity (Wildman–Crippen MR) is 111 cm³/mol. The van der Waals surface area contributed by atoms with Crippen molar-refractivity contribution in [3.8, 4) is 22.8 Å². The summed E-state index contributed by atoms with van der Waals surface area (Å²) in [6.45, 7) is 0. The molecule has 0 spiro atoms. The van der Waals surface area contributed by atoms with Crippen molar-refractivity contribution in [3.63, 3.8) is 0 Å². The largest absolute Gasteiger partial charge is 0.322 e. The lowest BCUT2D eigenvalue weighted by atomic mass is 10.1. The number of nitrogens with one attached hydrogen (secondary N) is 2. The van der Waals surface area contributed by atoms with Crippen molar-refractivity contribution >= 4 is 17.7 Å². The van der Waals surface area contributed by atoms with E-state index in [0.29, 0.717) is 17.3 Å². The summed E-state index contributed by atoms with van der Waals surface area (Å²) >= 11 is 0. The molecule has 0 saturated carbocycles. The van der Waals surface area contributed by atoms with Crippen LogP contribution in [0.2, 0.25) is 0 Å². The van der Waals surface area contributed by atoms with Crippen molar-refractivity contribution in [2.75, 3.05) is 5.32 Å². The summed E-state index contributed by atoms with van der Waals surface area (Å²) in [5.74, 6) is 0.521. The number of benzene rings is 3. The Kier molecular flexibility index (Phi) is 5.25. The van der Waals surface area contributed by atoms with E-state index in [9.17, 15) is 9.18 Å². The van der Waals surface area contributed by atoms with Crippen LogP contribution in [0.4, 0.5) is 10.1 Å². The first-order valence-corrected chi connectivity index (χ1v) is 9.01. The molecule has 1 heterocycles. The van der Waals surface area contributed by atoms with Crippen molar-refractivity contribution in [2.24, 2.45) is 0 Å². The van der Waals surface area contributed by atoms with Crippen LogP contribution < -0.4 is 5.32 Å². The van der Waals surface area contributed by atoms with Gasteiger partial charge in [0.05, 0.1) is 5.69 Å². The Labute approximate surface area is 167 Å². The highest BCUT2D eigenvalue weighted by Gasteiger charge is 2.12. The lowest BCUT2D eigenvalue weighted by molar-refractivity contribution is -0.111. The molecule has 2 N–H and O–H groups in total. The van der Waals surface area contributed by atoms with Crippen molar-refractivity contribution in [1.29, 1.82) is 0 Å². The molecule has 5 nitrogen and oxygen atoms in total. The summed E-state index contributed by atoms with van der Waals surface area (Å²) in [6.07, 6.45) is 3.03. The number of carbonyl (C=O) groups excluding carboxylic acids is 1. The van der Waals surface area contributed by atoms with Gasteiger partial charge in [-0.3, -0.25) is 9.89 Å². The van der Waals surface area contributed by atoms with Gasteiger partial charge in [0.15, 0.2) is 11.6 Å². The maximum absolute atomic E-state index is 13.0. The standard InChI is InChI=1S/C23H17FN4O/c24-18-13-10-16(11-14-18)12-15-21(29)25-20-9-5-4-8-19(20)23-26-22(27-28-23)17-6-2-1-3-7-17/h1-15H,(H,25,29)(H,26,27,28)/b15-12+. The zero-order valence-corrected chi connectivity index (χ0v) is 15.3. The molecule has 29 heavy (non-hydrogen) atoms. The molecule has 3 aromatic carbocycles. The first-order valence-electron chi connectivity index (χ1n) is 9.01. The first kappa shape index (κ1) is 18.3. The Morgan fingerprint density at radius 2 is 1.66 bits per heavy atom. The minimum Gasteiger partial charge on any atom is -0.322 e. The molecule has 0 bridgehead atoms. The highest BCUT2D eigenvalue weighted by molar-refractivity contribution is 6.03. The number of H-pyrrole nitrogens is 1. The minimum absolute atomic E-state index is 0.301. The number of amides is 1. The van der Waals surface area contributed by atoms with E-state index in [-0.39, 0.29) is 11.7 Å². The molecule has 0 atom stereocenters. The number of aromatic amines is 1. The second-order valence-electron chi connectivity index (χ2n) is 6.29. The van der Waals surface area contributed by atoms with Crippen LogP contribution in [0.25, 0.3) is 28.9 Å². The van der Waals surface area contributed by atoms with E-state index in [4.69, 9.17) is 0 Å². The SMILES string of the molecule is O=C(/C=C/c1ccc(F)cc1)Nc1ccccc1-c1nc(-c2ccccc2)n[nH]1. The topological polar surface area (TPSA) is 70.7 Å². The van der Waals surface area contributed by atoms with Crippen molar-refractivity contribution in [3.05, 3.63) is 96.3 Å². The summed E-state index contributed by atoms with van der Waals surface area (Å²) < 4.78 is 13.0. The number of nitrogens with zero attached hydrogens (tertiary/aromatic N) is 2. The van der Waals surface area contributed by atoms with Gasteiger partial charge in [-0.15, -0.1) is 0 Å². The molecule has 1 amide bonds. The second-order valence-corrected chi connectivity index (χ2v) is 6.29. The molecule has 0 unspecified atom stereocenters. The molecule has 0 aliphatic heterocycles. The van der Waals surface area contributed by atoms with E-state index >= 15 is 0 Å². The molecule has 4 aromatic rings. The van der Waals surface area contributed by atoms with Gasteiger partial charge >= 0.3 is 0 Å². The summed E-state index contributed by atoms with van der Waals surface area (Å²) in [6, 6.07) is 22.9. The zero-order chi connectivity index (χ0) is 20.1. The van der Waals surface area contributed by atoms with Crippen LogP contribution in [-0.4, -0.2) is 21.1 Å². The van der Waals surface area contributed by atoms with Gasteiger partial charge in [-0.05, 0) is 35.9 Å². The molecular weight excluding hydrogens is 367 g/mol. The third-order valence-electron chi connectivity index (χ3n) is 4.25. The molecular formula is C23H17FN4O. The Bertz CT molecular complexity index is 1150. The van der Waals surface area contributed by atoms with E-state index in [1.54, 1.807) is 24.3 Å². The number of anilines is 1. The number of aromatic nitrogens is 3. The smallest absolute Gasteiger partial charge is 0.248 e. The lowest BCUT2D eigenvalue weighted by Gasteiger charge is -2.07. The number of hydrogen-bond donors (Lipinski definition) is 2. The van der Waals surface area contributed by atoms with Crippen LogP contribution in [0, 0.1) is 5.82 Å². The molecule has 0 saturated heterocycles. The van der Waals surface area contributed by atoms with E-state index in [2.05, 4.69) is 20.5 Å². The van der Waals surface area contributed by atoms with Gasteiger partial charge in [-0.25, -0.2) is 9.37 Å². The Morgan fingerprint density at radius 1 is 0.931 bits per heavy atom. The van der Waals surface area contributed by atoms with Gasteiger partial charge in [-0.1, -0.05) is 54.6 Å². The van der Waals surface area contributed by atoms with Gasteiger partial charge in [0.2, 0.25) is 5.91 Å². The molecule has 0 aliphatic carbocycles. The first-order chi connectivity index (χ1) is 14.2. The maximum atomic E-state index is 13.0. The van der Waals surface area contributed by atoms with Crippen molar-refractivity contribution in [1.82, 2.24) is 15.2 Å². The zero-order valence-electron chi connectivity index (χ0n) is 15.3. The van der Waals surface area contributed by atoms with Crippen LogP contribution in [0.3, 0.4) is 0 Å². The van der Waals surface area contributed by atoms with Crippen LogP contribution in [0.1, 0.15) is 5.56 Å². The average molecular weight is 384 g/mol. The van der Waals surface area contributed by atoms with Crippen LogP contribution in [0.15, 0.2) is 84.9 Å². The number of carbonyl (C=O) groups is 1. The fourth-order valence-electron chi connectivity index (χ4n) is 2.82. The highest BCUT2D eigenvalue weighted by atomic mass is 19.1. The number of rotatable bonds is 5. The van der Waals surface area contributed by atoms with Gasteiger partial charge in [-0.2, -0.15) is 5.10 Å². The van der Waals surface area contributed by atoms with Crippen LogP contribution in [0.5, 0.6) is 0 Å². The lowest BCUT2D eigenvalue weighted by Crippen LogP contribution is -2.09. The summed E-state index contributed by atoms with van der Waals surface area (Å²) in [7, 11) is 0. The molecule has 0 fully saturated rings. The molecule has 4 rings (SSSR count). The summed E-state index contributed by atoms with van der Waals surface area (Å²) in [5.41, 5.74) is 2.97. The highest BCUT2D eigenvalue weighted by Crippen LogP contribution is 2.26. The van der Waals surface area contributed by atoms with Gasteiger partial charge in [0.25, 0.3) is 0 Å². The van der Waals surface area contributed by atoms with Crippen molar-refractivity contribution in [2.45, 2.75) is 0 Å². The molecule has 6 heteroatoms. The van der Waals surface area contributed by atoms with E-state index in [1.807, 2.05) is 48.5 Å². The molecule has 0 aliphatic rings. The fourth-order valence-corrected chi connectivity index (χ4v) is 2.82. The molecule has 142 valence electrons. The second kappa shape index (κ2) is 8.31. The average Bonchev–Trinajstić information content (AvgIpc) is 3.24. The van der Waals surface area contributed by atoms with Gasteiger partial charge in [0.1, 0.15) is 5.82 Å². The third-order valence-corrected chi connectivity index (χ3v) is 4.25. The monoisotopic (exact) mass is 384 g/mol. The van der Waals surface area contributed by atoms with E-state index < -0.39 is 0 Å².